The molecule has 1 heterocycles. The molecule has 0 fully saturated rings. The zero-order valence-corrected chi connectivity index (χ0v) is 10.3. The highest BCUT2D eigenvalue weighted by Gasteiger charge is 2.26. The first-order valence-corrected chi connectivity index (χ1v) is 6.35. The maximum atomic E-state index is 6.04. The van der Waals surface area contributed by atoms with Crippen molar-refractivity contribution in [2.24, 2.45) is 0 Å². The van der Waals surface area contributed by atoms with Crippen LogP contribution in [0.25, 0.3) is 0 Å². The van der Waals surface area contributed by atoms with E-state index in [9.17, 15) is 0 Å². The third kappa shape index (κ3) is 2.05. The average molecular weight is 242 g/mol. The highest BCUT2D eigenvalue weighted by atomic mass is 32.1. The van der Waals surface area contributed by atoms with Crippen molar-refractivity contribution in [3.8, 4) is 5.75 Å². The van der Waals surface area contributed by atoms with Gasteiger partial charge in [-0.1, -0.05) is 48.5 Å². The summed E-state index contributed by atoms with van der Waals surface area (Å²) < 4.78 is 6.04. The topological polar surface area (TPSA) is 9.23 Å². The molecule has 2 heteroatoms. The molecule has 0 bridgehead atoms. The molecule has 3 rings (SSSR count). The van der Waals surface area contributed by atoms with Crippen LogP contribution < -0.4 is 4.74 Å². The van der Waals surface area contributed by atoms with Gasteiger partial charge in [0.1, 0.15) is 11.9 Å². The first kappa shape index (κ1) is 10.7. The Bertz CT molecular complexity index is 509. The van der Waals surface area contributed by atoms with Gasteiger partial charge in [-0.25, -0.2) is 0 Å². The summed E-state index contributed by atoms with van der Waals surface area (Å²) in [6, 6.07) is 18.5. The van der Waals surface area contributed by atoms with E-state index in [1.165, 1.54) is 11.1 Å². The summed E-state index contributed by atoms with van der Waals surface area (Å²) in [7, 11) is 0. The molecule has 2 unspecified atom stereocenters. The third-order valence-electron chi connectivity index (χ3n) is 3.16. The summed E-state index contributed by atoms with van der Waals surface area (Å²) in [4.78, 5) is 0. The molecule has 1 nitrogen and oxygen atoms in total. The van der Waals surface area contributed by atoms with Crippen molar-refractivity contribution in [3.05, 3.63) is 65.7 Å². The van der Waals surface area contributed by atoms with Crippen LogP contribution in [-0.2, 0) is 0 Å². The molecule has 0 aromatic heterocycles. The number of thiol groups is 1. The van der Waals surface area contributed by atoms with Gasteiger partial charge in [-0.2, -0.15) is 12.6 Å². The Morgan fingerprint density at radius 3 is 2.47 bits per heavy atom. The van der Waals surface area contributed by atoms with Crippen LogP contribution in [-0.4, -0.2) is 0 Å². The lowest BCUT2D eigenvalue weighted by Gasteiger charge is -2.30. The summed E-state index contributed by atoms with van der Waals surface area (Å²) in [5, 5.41) is 0.255. The molecule has 0 saturated heterocycles. The number of hydrogen-bond donors (Lipinski definition) is 1. The summed E-state index contributed by atoms with van der Waals surface area (Å²) in [5.41, 5.74) is 2.42. The van der Waals surface area contributed by atoms with E-state index >= 15 is 0 Å². The van der Waals surface area contributed by atoms with Gasteiger partial charge < -0.3 is 4.74 Å². The second kappa shape index (κ2) is 4.46. The van der Waals surface area contributed by atoms with Crippen molar-refractivity contribution in [2.45, 2.75) is 17.8 Å². The average Bonchev–Trinajstić information content (AvgIpc) is 2.40. The molecule has 2 aromatic rings. The van der Waals surface area contributed by atoms with Crippen molar-refractivity contribution >= 4 is 12.6 Å². The standard InChI is InChI=1S/C15H14OS/c17-15-10-14(11-6-2-1-3-7-11)16-13-9-5-4-8-12(13)15/h1-9,14-15,17H,10H2. The lowest BCUT2D eigenvalue weighted by Crippen LogP contribution is -2.16. The SMILES string of the molecule is SC1CC(c2ccccc2)Oc2ccccc21. The smallest absolute Gasteiger partial charge is 0.125 e. The summed E-state index contributed by atoms with van der Waals surface area (Å²) in [5.74, 6) is 0.965. The van der Waals surface area contributed by atoms with Crippen LogP contribution in [0.2, 0.25) is 0 Å². The van der Waals surface area contributed by atoms with Gasteiger partial charge in [0.15, 0.2) is 0 Å². The van der Waals surface area contributed by atoms with Crippen molar-refractivity contribution in [3.63, 3.8) is 0 Å². The molecular formula is C15H14OS. The van der Waals surface area contributed by atoms with Crippen molar-refractivity contribution in [1.29, 1.82) is 0 Å². The van der Waals surface area contributed by atoms with Crippen LogP contribution in [0.4, 0.5) is 0 Å². The van der Waals surface area contributed by atoms with E-state index in [2.05, 4.69) is 30.8 Å². The monoisotopic (exact) mass is 242 g/mol. The van der Waals surface area contributed by atoms with E-state index in [4.69, 9.17) is 4.74 Å². The van der Waals surface area contributed by atoms with Gasteiger partial charge in [-0.3, -0.25) is 0 Å². The zero-order valence-electron chi connectivity index (χ0n) is 9.41. The van der Waals surface area contributed by atoms with E-state index in [1.54, 1.807) is 0 Å². The van der Waals surface area contributed by atoms with E-state index in [1.807, 2.05) is 36.4 Å². The quantitative estimate of drug-likeness (QED) is 0.738. The zero-order chi connectivity index (χ0) is 11.7. The molecule has 0 radical (unpaired) electrons. The second-order valence-electron chi connectivity index (χ2n) is 4.31. The molecule has 0 N–H and O–H groups in total. The summed E-state index contributed by atoms with van der Waals surface area (Å²) in [6.07, 6.45) is 1.04. The summed E-state index contributed by atoms with van der Waals surface area (Å²) in [6.45, 7) is 0. The Balaban J connectivity index is 1.94. The van der Waals surface area contributed by atoms with Gasteiger partial charge in [0.05, 0.1) is 0 Å². The minimum atomic E-state index is 0.119. The lowest BCUT2D eigenvalue weighted by atomic mass is 9.97. The van der Waals surface area contributed by atoms with E-state index in [-0.39, 0.29) is 11.4 Å². The summed E-state index contributed by atoms with van der Waals surface area (Å²) >= 11 is 4.67. The van der Waals surface area contributed by atoms with Crippen LogP contribution in [0.3, 0.4) is 0 Å². The van der Waals surface area contributed by atoms with Gasteiger partial charge in [0, 0.05) is 17.2 Å². The molecule has 2 aromatic carbocycles. The maximum Gasteiger partial charge on any atom is 0.125 e. The molecule has 1 aliphatic heterocycles. The first-order chi connectivity index (χ1) is 8.34. The molecule has 2 atom stereocenters. The van der Waals surface area contributed by atoms with Gasteiger partial charge in [0.2, 0.25) is 0 Å². The molecule has 86 valence electrons. The van der Waals surface area contributed by atoms with Crippen LogP contribution in [0.15, 0.2) is 54.6 Å². The minimum Gasteiger partial charge on any atom is -0.485 e. The van der Waals surface area contributed by atoms with E-state index in [0.717, 1.165) is 12.2 Å². The normalized spacial score (nSPS) is 22.6. The predicted molar refractivity (Wildman–Crippen MR) is 72.6 cm³/mol. The maximum absolute atomic E-state index is 6.04. The Kier molecular flexibility index (Phi) is 2.81. The Labute approximate surface area is 107 Å². The number of hydrogen-bond acceptors (Lipinski definition) is 2. The van der Waals surface area contributed by atoms with Crippen LogP contribution in [0, 0.1) is 0 Å². The highest BCUT2D eigenvalue weighted by molar-refractivity contribution is 7.80. The lowest BCUT2D eigenvalue weighted by molar-refractivity contribution is 0.175. The van der Waals surface area contributed by atoms with Crippen LogP contribution in [0.1, 0.15) is 28.9 Å². The van der Waals surface area contributed by atoms with E-state index < -0.39 is 0 Å². The fraction of sp³-hybridized carbons (Fsp3) is 0.200. The first-order valence-electron chi connectivity index (χ1n) is 5.83. The van der Waals surface area contributed by atoms with Crippen LogP contribution in [0.5, 0.6) is 5.75 Å². The number of rotatable bonds is 1. The molecule has 17 heavy (non-hydrogen) atoms. The van der Waals surface area contributed by atoms with Crippen LogP contribution >= 0.6 is 12.6 Å². The molecule has 0 saturated carbocycles. The van der Waals surface area contributed by atoms with Gasteiger partial charge in [-0.05, 0) is 11.6 Å². The Hall–Kier alpha value is -1.41. The second-order valence-corrected chi connectivity index (χ2v) is 4.93. The largest absolute Gasteiger partial charge is 0.485 e. The predicted octanol–water partition coefficient (Wildman–Crippen LogP) is 4.18. The molecule has 0 spiro atoms. The Morgan fingerprint density at radius 2 is 1.65 bits per heavy atom. The number of fused-ring (bicyclic) bond motifs is 1. The number of para-hydroxylation sites is 1. The van der Waals surface area contributed by atoms with Crippen molar-refractivity contribution < 1.29 is 4.74 Å². The van der Waals surface area contributed by atoms with Crippen molar-refractivity contribution in [1.82, 2.24) is 0 Å². The molecule has 0 amide bonds. The molecule has 0 aliphatic carbocycles. The number of benzene rings is 2. The third-order valence-corrected chi connectivity index (χ3v) is 3.64. The fourth-order valence-corrected chi connectivity index (χ4v) is 2.67. The molecule has 1 aliphatic rings. The Morgan fingerprint density at radius 1 is 0.941 bits per heavy atom. The molecular weight excluding hydrogens is 228 g/mol. The van der Waals surface area contributed by atoms with Gasteiger partial charge in [0.25, 0.3) is 0 Å². The van der Waals surface area contributed by atoms with E-state index in [0.29, 0.717) is 0 Å². The highest BCUT2D eigenvalue weighted by Crippen LogP contribution is 2.43. The minimum absolute atomic E-state index is 0.119. The fourth-order valence-electron chi connectivity index (χ4n) is 2.27. The van der Waals surface area contributed by atoms with Crippen molar-refractivity contribution in [2.75, 3.05) is 0 Å². The van der Waals surface area contributed by atoms with Gasteiger partial charge >= 0.3 is 0 Å². The van der Waals surface area contributed by atoms with Gasteiger partial charge in [-0.15, -0.1) is 0 Å². The number of ether oxygens (including phenoxy) is 1.